The summed E-state index contributed by atoms with van der Waals surface area (Å²) in [6.07, 6.45) is 5.39. The van der Waals surface area contributed by atoms with E-state index in [1.165, 1.54) is 36.6 Å². The van der Waals surface area contributed by atoms with E-state index in [9.17, 15) is 0 Å². The summed E-state index contributed by atoms with van der Waals surface area (Å²) >= 11 is 0. The Morgan fingerprint density at radius 2 is 2.11 bits per heavy atom. The molecule has 1 aromatic heterocycles. The number of para-hydroxylation sites is 1. The maximum Gasteiger partial charge on any atom is 0.137 e. The van der Waals surface area contributed by atoms with E-state index in [-0.39, 0.29) is 0 Å². The molecule has 1 aromatic carbocycles. The van der Waals surface area contributed by atoms with Crippen LogP contribution < -0.4 is 5.32 Å². The number of hydrogen-bond acceptors (Lipinski definition) is 2. The lowest BCUT2D eigenvalue weighted by Crippen LogP contribution is -2.26. The van der Waals surface area contributed by atoms with Crippen LogP contribution in [0.5, 0.6) is 0 Å². The van der Waals surface area contributed by atoms with Crippen LogP contribution in [0.4, 0.5) is 0 Å². The van der Waals surface area contributed by atoms with Crippen molar-refractivity contribution in [1.82, 2.24) is 5.32 Å². The summed E-state index contributed by atoms with van der Waals surface area (Å²) in [6.45, 7) is 5.29. The van der Waals surface area contributed by atoms with Crippen molar-refractivity contribution in [2.24, 2.45) is 5.92 Å². The Morgan fingerprint density at radius 1 is 1.32 bits per heavy atom. The van der Waals surface area contributed by atoms with Crippen LogP contribution in [0, 0.1) is 12.8 Å². The zero-order chi connectivity index (χ0) is 13.2. The van der Waals surface area contributed by atoms with Crippen molar-refractivity contribution < 1.29 is 4.42 Å². The van der Waals surface area contributed by atoms with Gasteiger partial charge in [0.1, 0.15) is 11.3 Å². The molecule has 1 N–H and O–H groups in total. The molecule has 0 bridgehead atoms. The first-order valence-corrected chi connectivity index (χ1v) is 7.52. The average Bonchev–Trinajstić information content (AvgIpc) is 3.05. The quantitative estimate of drug-likeness (QED) is 0.867. The molecule has 2 nitrogen and oxygen atoms in total. The molecule has 1 fully saturated rings. The van der Waals surface area contributed by atoms with E-state index in [0.717, 1.165) is 23.8 Å². The molecule has 0 saturated heterocycles. The highest BCUT2D eigenvalue weighted by atomic mass is 16.3. The Bertz CT molecular complexity index is 551. The molecule has 0 aliphatic heterocycles. The molecule has 1 atom stereocenters. The van der Waals surface area contributed by atoms with Crippen molar-refractivity contribution in [3.8, 4) is 0 Å². The highest BCUT2D eigenvalue weighted by Gasteiger charge is 2.28. The van der Waals surface area contributed by atoms with Crippen molar-refractivity contribution in [2.75, 3.05) is 6.54 Å². The van der Waals surface area contributed by atoms with Crippen molar-refractivity contribution >= 4 is 11.0 Å². The molecular weight excluding hydrogens is 234 g/mol. The molecule has 1 aliphatic carbocycles. The van der Waals surface area contributed by atoms with Gasteiger partial charge in [0.2, 0.25) is 0 Å². The number of hydrogen-bond donors (Lipinski definition) is 1. The lowest BCUT2D eigenvalue weighted by atomic mass is 9.96. The van der Waals surface area contributed by atoms with E-state index in [0.29, 0.717) is 6.04 Å². The van der Waals surface area contributed by atoms with Gasteiger partial charge in [-0.05, 0) is 43.9 Å². The Kier molecular flexibility index (Phi) is 3.61. The van der Waals surface area contributed by atoms with Gasteiger partial charge in [0.15, 0.2) is 0 Å². The second kappa shape index (κ2) is 5.38. The predicted molar refractivity (Wildman–Crippen MR) is 79.3 cm³/mol. The summed E-state index contributed by atoms with van der Waals surface area (Å²) < 4.78 is 6.16. The number of nitrogens with one attached hydrogen (secondary N) is 1. The molecule has 0 amide bonds. The van der Waals surface area contributed by atoms with Gasteiger partial charge in [-0.1, -0.05) is 38.0 Å². The first kappa shape index (κ1) is 12.7. The van der Waals surface area contributed by atoms with E-state index >= 15 is 0 Å². The lowest BCUT2D eigenvalue weighted by Gasteiger charge is -2.22. The summed E-state index contributed by atoms with van der Waals surface area (Å²) in [7, 11) is 0. The van der Waals surface area contributed by atoms with Gasteiger partial charge < -0.3 is 9.73 Å². The van der Waals surface area contributed by atoms with E-state index < -0.39 is 0 Å². The Balaban J connectivity index is 1.97. The van der Waals surface area contributed by atoms with Gasteiger partial charge in [-0.3, -0.25) is 0 Å². The number of furan rings is 1. The Labute approximate surface area is 115 Å². The Morgan fingerprint density at radius 3 is 2.79 bits per heavy atom. The van der Waals surface area contributed by atoms with Crippen LogP contribution >= 0.6 is 0 Å². The van der Waals surface area contributed by atoms with Crippen molar-refractivity contribution in [3.05, 3.63) is 35.6 Å². The van der Waals surface area contributed by atoms with Crippen LogP contribution in [0.3, 0.4) is 0 Å². The highest BCUT2D eigenvalue weighted by molar-refractivity contribution is 5.81. The zero-order valence-corrected chi connectivity index (χ0v) is 11.9. The lowest BCUT2D eigenvalue weighted by molar-refractivity contribution is 0.324. The first-order valence-electron chi connectivity index (χ1n) is 7.52. The van der Waals surface area contributed by atoms with Crippen molar-refractivity contribution in [3.63, 3.8) is 0 Å². The van der Waals surface area contributed by atoms with Crippen LogP contribution in [0.1, 0.15) is 50.0 Å². The maximum atomic E-state index is 6.16. The highest BCUT2D eigenvalue weighted by Crippen LogP contribution is 2.37. The largest absolute Gasteiger partial charge is 0.459 e. The number of fused-ring (bicyclic) bond motifs is 1. The fourth-order valence-electron chi connectivity index (χ4n) is 3.39. The van der Waals surface area contributed by atoms with Crippen LogP contribution in [-0.4, -0.2) is 6.54 Å². The van der Waals surface area contributed by atoms with Gasteiger partial charge in [0.25, 0.3) is 0 Å². The summed E-state index contributed by atoms with van der Waals surface area (Å²) in [6, 6.07) is 8.99. The third kappa shape index (κ3) is 2.42. The van der Waals surface area contributed by atoms with E-state index in [1.807, 2.05) is 0 Å². The molecule has 1 heterocycles. The third-order valence-electron chi connectivity index (χ3n) is 4.36. The second-order valence-corrected chi connectivity index (χ2v) is 5.72. The van der Waals surface area contributed by atoms with Gasteiger partial charge in [0, 0.05) is 5.39 Å². The van der Waals surface area contributed by atoms with Crippen LogP contribution in [0.2, 0.25) is 0 Å². The summed E-state index contributed by atoms with van der Waals surface area (Å²) in [5.74, 6) is 1.86. The van der Waals surface area contributed by atoms with Crippen LogP contribution in [0.15, 0.2) is 28.7 Å². The van der Waals surface area contributed by atoms with Crippen molar-refractivity contribution in [2.45, 2.75) is 45.6 Å². The van der Waals surface area contributed by atoms with Gasteiger partial charge in [-0.25, -0.2) is 0 Å². The molecule has 3 rings (SSSR count). The minimum absolute atomic E-state index is 0.388. The maximum absolute atomic E-state index is 6.16. The monoisotopic (exact) mass is 257 g/mol. The molecule has 19 heavy (non-hydrogen) atoms. The number of aryl methyl sites for hydroxylation is 1. The van der Waals surface area contributed by atoms with E-state index in [2.05, 4.69) is 43.4 Å². The smallest absolute Gasteiger partial charge is 0.137 e. The molecule has 1 saturated carbocycles. The SMILES string of the molecule is CCNC(c1cc2cccc(C)c2o1)C1CCCC1. The topological polar surface area (TPSA) is 25.2 Å². The van der Waals surface area contributed by atoms with Crippen LogP contribution in [-0.2, 0) is 0 Å². The number of rotatable bonds is 4. The molecule has 2 aromatic rings. The number of benzene rings is 1. The summed E-state index contributed by atoms with van der Waals surface area (Å²) in [4.78, 5) is 0. The molecule has 0 spiro atoms. The molecule has 0 radical (unpaired) electrons. The summed E-state index contributed by atoms with van der Waals surface area (Å²) in [5.41, 5.74) is 2.28. The molecular formula is C17H23NO. The van der Waals surface area contributed by atoms with E-state index in [1.54, 1.807) is 0 Å². The minimum Gasteiger partial charge on any atom is -0.459 e. The van der Waals surface area contributed by atoms with E-state index in [4.69, 9.17) is 4.42 Å². The van der Waals surface area contributed by atoms with Crippen LogP contribution in [0.25, 0.3) is 11.0 Å². The normalized spacial score (nSPS) is 18.2. The standard InChI is InChI=1S/C17H23NO/c1-3-18-16(13-8-4-5-9-13)15-11-14-10-6-7-12(2)17(14)19-15/h6-7,10-11,13,16,18H,3-5,8-9H2,1-2H3. The van der Waals surface area contributed by atoms with Gasteiger partial charge in [-0.15, -0.1) is 0 Å². The zero-order valence-electron chi connectivity index (χ0n) is 11.9. The average molecular weight is 257 g/mol. The minimum atomic E-state index is 0.388. The molecule has 102 valence electrons. The molecule has 1 unspecified atom stereocenters. The second-order valence-electron chi connectivity index (χ2n) is 5.72. The van der Waals surface area contributed by atoms with Gasteiger partial charge >= 0.3 is 0 Å². The molecule has 2 heteroatoms. The van der Waals surface area contributed by atoms with Crippen molar-refractivity contribution in [1.29, 1.82) is 0 Å². The van der Waals surface area contributed by atoms with Gasteiger partial charge in [-0.2, -0.15) is 0 Å². The Hall–Kier alpha value is -1.28. The predicted octanol–water partition coefficient (Wildman–Crippen LogP) is 4.58. The third-order valence-corrected chi connectivity index (χ3v) is 4.36. The fourth-order valence-corrected chi connectivity index (χ4v) is 3.39. The first-order chi connectivity index (χ1) is 9.29. The van der Waals surface area contributed by atoms with Gasteiger partial charge in [0.05, 0.1) is 6.04 Å². The molecule has 1 aliphatic rings. The summed E-state index contributed by atoms with van der Waals surface area (Å²) in [5, 5.41) is 4.86. The fraction of sp³-hybridized carbons (Fsp3) is 0.529.